The minimum Gasteiger partial charge on any atom is -0.312 e. The van der Waals surface area contributed by atoms with Crippen molar-refractivity contribution in [2.75, 3.05) is 6.54 Å². The fourth-order valence-electron chi connectivity index (χ4n) is 2.53. The van der Waals surface area contributed by atoms with Crippen LogP contribution in [0.25, 0.3) is 0 Å². The number of halogens is 1. The van der Waals surface area contributed by atoms with Crippen LogP contribution in [0.5, 0.6) is 0 Å². The van der Waals surface area contributed by atoms with E-state index >= 15 is 0 Å². The smallest absolute Gasteiger partial charge is 0.0406 e. The molecule has 2 unspecified atom stereocenters. The predicted octanol–water partition coefficient (Wildman–Crippen LogP) is 5.32. The summed E-state index contributed by atoms with van der Waals surface area (Å²) in [5.74, 6) is 1.42. The maximum absolute atomic E-state index is 5.97. The molecule has 0 aliphatic carbocycles. The van der Waals surface area contributed by atoms with Crippen molar-refractivity contribution >= 4 is 11.6 Å². The van der Waals surface area contributed by atoms with Gasteiger partial charge in [-0.3, -0.25) is 0 Å². The van der Waals surface area contributed by atoms with E-state index in [0.717, 1.165) is 23.9 Å². The Bertz CT molecular complexity index is 377. The molecule has 20 heavy (non-hydrogen) atoms. The third-order valence-corrected chi connectivity index (χ3v) is 4.11. The Balaban J connectivity index is 2.68. The lowest BCUT2D eigenvalue weighted by Gasteiger charge is -2.29. The molecule has 2 heteroatoms. The quantitative estimate of drug-likeness (QED) is 0.717. The molecule has 114 valence electrons. The van der Waals surface area contributed by atoms with Crippen LogP contribution in [-0.4, -0.2) is 12.1 Å². The van der Waals surface area contributed by atoms with E-state index in [2.05, 4.69) is 52.1 Å². The third kappa shape index (κ3) is 6.76. The van der Waals surface area contributed by atoms with E-state index in [9.17, 15) is 0 Å². The molecule has 0 aromatic heterocycles. The predicted molar refractivity (Wildman–Crippen MR) is 90.5 cm³/mol. The van der Waals surface area contributed by atoms with Crippen LogP contribution in [0, 0.1) is 11.8 Å². The van der Waals surface area contributed by atoms with Gasteiger partial charge < -0.3 is 5.32 Å². The molecule has 0 amide bonds. The maximum atomic E-state index is 5.97. The molecule has 1 aromatic rings. The summed E-state index contributed by atoms with van der Waals surface area (Å²) in [6, 6.07) is 8.31. The van der Waals surface area contributed by atoms with E-state index in [1.54, 1.807) is 0 Å². The molecule has 1 N–H and O–H groups in total. The zero-order chi connectivity index (χ0) is 15.2. The lowest BCUT2D eigenvalue weighted by molar-refractivity contribution is 0.285. The summed E-state index contributed by atoms with van der Waals surface area (Å²) in [6.07, 6.45) is 3.68. The molecule has 0 bridgehead atoms. The Labute approximate surface area is 130 Å². The third-order valence-electron chi connectivity index (χ3n) is 3.85. The summed E-state index contributed by atoms with van der Waals surface area (Å²) >= 11 is 5.97. The average Bonchev–Trinajstić information content (AvgIpc) is 2.36. The second-order valence-corrected chi connectivity index (χ2v) is 7.42. The number of rotatable bonds is 7. The van der Waals surface area contributed by atoms with Crippen LogP contribution in [0.4, 0.5) is 0 Å². The van der Waals surface area contributed by atoms with Crippen LogP contribution in [0.3, 0.4) is 0 Å². The van der Waals surface area contributed by atoms with Crippen LogP contribution in [0.15, 0.2) is 24.3 Å². The van der Waals surface area contributed by atoms with Gasteiger partial charge in [0.2, 0.25) is 0 Å². The van der Waals surface area contributed by atoms with Crippen LogP contribution >= 0.6 is 11.6 Å². The molecule has 0 spiro atoms. The first-order valence-corrected chi connectivity index (χ1v) is 8.19. The molecule has 0 aliphatic rings. The zero-order valence-electron chi connectivity index (χ0n) is 13.7. The largest absolute Gasteiger partial charge is 0.312 e. The highest BCUT2D eigenvalue weighted by Gasteiger charge is 2.19. The lowest BCUT2D eigenvalue weighted by atomic mass is 9.84. The molecule has 0 heterocycles. The van der Waals surface area contributed by atoms with Gasteiger partial charge in [-0.15, -0.1) is 0 Å². The van der Waals surface area contributed by atoms with Crippen LogP contribution in [-0.2, 0) is 6.42 Å². The van der Waals surface area contributed by atoms with Gasteiger partial charge in [-0.1, -0.05) is 50.4 Å². The number of nitrogens with one attached hydrogen (secondary N) is 1. The summed E-state index contributed by atoms with van der Waals surface area (Å²) in [5.41, 5.74) is 1.57. The maximum Gasteiger partial charge on any atom is 0.0406 e. The molecular formula is C18H30ClN. The second-order valence-electron chi connectivity index (χ2n) is 6.99. The molecule has 2 atom stereocenters. The summed E-state index contributed by atoms with van der Waals surface area (Å²) < 4.78 is 0. The SMILES string of the molecule is CCCC(C)C(CNC(C)(C)C)Cc1ccc(Cl)cc1. The molecule has 0 fully saturated rings. The van der Waals surface area contributed by atoms with E-state index in [1.165, 1.54) is 18.4 Å². The Morgan fingerprint density at radius 2 is 1.75 bits per heavy atom. The fraction of sp³-hybridized carbons (Fsp3) is 0.667. The molecule has 1 rings (SSSR count). The minimum absolute atomic E-state index is 0.185. The van der Waals surface area contributed by atoms with Crippen molar-refractivity contribution in [3.8, 4) is 0 Å². The van der Waals surface area contributed by atoms with Gasteiger partial charge in [0.05, 0.1) is 0 Å². The highest BCUT2D eigenvalue weighted by molar-refractivity contribution is 6.30. The normalized spacial score (nSPS) is 15.1. The summed E-state index contributed by atoms with van der Waals surface area (Å²) in [6.45, 7) is 12.4. The van der Waals surface area contributed by atoms with Gasteiger partial charge in [0.25, 0.3) is 0 Å². The summed E-state index contributed by atoms with van der Waals surface area (Å²) in [5, 5.41) is 4.49. The number of hydrogen-bond donors (Lipinski definition) is 1. The van der Waals surface area contributed by atoms with Gasteiger partial charge in [0.1, 0.15) is 0 Å². The first-order chi connectivity index (χ1) is 9.31. The van der Waals surface area contributed by atoms with Gasteiger partial charge in [-0.05, 0) is 63.3 Å². The van der Waals surface area contributed by atoms with Gasteiger partial charge in [-0.25, -0.2) is 0 Å². The average molecular weight is 296 g/mol. The highest BCUT2D eigenvalue weighted by atomic mass is 35.5. The summed E-state index contributed by atoms with van der Waals surface area (Å²) in [7, 11) is 0. The van der Waals surface area contributed by atoms with Crippen molar-refractivity contribution in [1.82, 2.24) is 5.32 Å². The molecule has 0 saturated carbocycles. The first-order valence-electron chi connectivity index (χ1n) is 7.81. The highest BCUT2D eigenvalue weighted by Crippen LogP contribution is 2.23. The van der Waals surface area contributed by atoms with Crippen LogP contribution < -0.4 is 5.32 Å². The Morgan fingerprint density at radius 1 is 1.15 bits per heavy atom. The molecular weight excluding hydrogens is 266 g/mol. The lowest BCUT2D eigenvalue weighted by Crippen LogP contribution is -2.41. The van der Waals surface area contributed by atoms with Gasteiger partial charge >= 0.3 is 0 Å². The molecule has 0 saturated heterocycles. The van der Waals surface area contributed by atoms with E-state index in [0.29, 0.717) is 5.92 Å². The van der Waals surface area contributed by atoms with Crippen molar-refractivity contribution < 1.29 is 0 Å². The van der Waals surface area contributed by atoms with Crippen molar-refractivity contribution in [2.45, 2.75) is 59.4 Å². The number of benzene rings is 1. The van der Waals surface area contributed by atoms with Crippen LogP contribution in [0.1, 0.15) is 53.0 Å². The van der Waals surface area contributed by atoms with E-state index in [1.807, 2.05) is 12.1 Å². The van der Waals surface area contributed by atoms with E-state index < -0.39 is 0 Å². The zero-order valence-corrected chi connectivity index (χ0v) is 14.4. The Kier molecular flexibility index (Phi) is 7.05. The molecule has 1 nitrogen and oxygen atoms in total. The first kappa shape index (κ1) is 17.5. The van der Waals surface area contributed by atoms with Crippen molar-refractivity contribution in [1.29, 1.82) is 0 Å². The van der Waals surface area contributed by atoms with Gasteiger partial charge in [0, 0.05) is 10.6 Å². The van der Waals surface area contributed by atoms with E-state index in [-0.39, 0.29) is 5.54 Å². The van der Waals surface area contributed by atoms with Crippen molar-refractivity contribution in [3.63, 3.8) is 0 Å². The van der Waals surface area contributed by atoms with Gasteiger partial charge in [0.15, 0.2) is 0 Å². The standard InChI is InChI=1S/C18H30ClN/c1-6-7-14(2)16(13-20-18(3,4)5)12-15-8-10-17(19)11-9-15/h8-11,14,16,20H,6-7,12-13H2,1-5H3. The van der Waals surface area contributed by atoms with Gasteiger partial charge in [-0.2, -0.15) is 0 Å². The molecule has 0 aliphatic heterocycles. The van der Waals surface area contributed by atoms with Crippen molar-refractivity contribution in [3.05, 3.63) is 34.9 Å². The Hall–Kier alpha value is -0.530. The van der Waals surface area contributed by atoms with Crippen LogP contribution in [0.2, 0.25) is 5.02 Å². The molecule has 1 aromatic carbocycles. The minimum atomic E-state index is 0.185. The molecule has 0 radical (unpaired) electrons. The number of hydrogen-bond acceptors (Lipinski definition) is 1. The van der Waals surface area contributed by atoms with E-state index in [4.69, 9.17) is 11.6 Å². The summed E-state index contributed by atoms with van der Waals surface area (Å²) in [4.78, 5) is 0. The Morgan fingerprint density at radius 3 is 2.25 bits per heavy atom. The fourth-order valence-corrected chi connectivity index (χ4v) is 2.65. The topological polar surface area (TPSA) is 12.0 Å². The second kappa shape index (κ2) is 8.05. The monoisotopic (exact) mass is 295 g/mol. The van der Waals surface area contributed by atoms with Crippen molar-refractivity contribution in [2.24, 2.45) is 11.8 Å².